The van der Waals surface area contributed by atoms with Crippen LogP contribution in [0, 0.1) is 0 Å². The Morgan fingerprint density at radius 1 is 0.947 bits per heavy atom. The van der Waals surface area contributed by atoms with E-state index in [1.165, 1.54) is 0 Å². The second-order valence-electron chi connectivity index (χ2n) is 4.39. The van der Waals surface area contributed by atoms with Crippen LogP contribution in [0.15, 0.2) is 33.6 Å². The summed E-state index contributed by atoms with van der Waals surface area (Å²) in [6, 6.07) is 3.61. The van der Waals surface area contributed by atoms with E-state index in [0.29, 0.717) is 11.7 Å². The molecule has 3 heterocycles. The molecule has 0 aliphatic heterocycles. The molecule has 7 nitrogen and oxygen atoms in total. The van der Waals surface area contributed by atoms with Gasteiger partial charge in [-0.1, -0.05) is 10.3 Å². The Bertz CT molecular complexity index is 702. The zero-order valence-electron chi connectivity index (χ0n) is 9.85. The first kappa shape index (κ1) is 10.4. The van der Waals surface area contributed by atoms with Crippen molar-refractivity contribution in [2.75, 3.05) is 0 Å². The summed E-state index contributed by atoms with van der Waals surface area (Å²) in [5, 5.41) is 7.80. The first-order valence-electron chi connectivity index (χ1n) is 5.98. The Balaban J connectivity index is 1.66. The summed E-state index contributed by atoms with van der Waals surface area (Å²) in [6.45, 7) is 0. The summed E-state index contributed by atoms with van der Waals surface area (Å²) in [5.74, 6) is 2.14. The minimum absolute atomic E-state index is 0.242. The molecule has 4 rings (SSSR count). The van der Waals surface area contributed by atoms with Gasteiger partial charge >= 0.3 is 11.8 Å². The molecule has 0 atom stereocenters. The fourth-order valence-electron chi connectivity index (χ4n) is 1.76. The summed E-state index contributed by atoms with van der Waals surface area (Å²) in [4.78, 5) is 12.4. The van der Waals surface area contributed by atoms with Crippen molar-refractivity contribution in [1.82, 2.24) is 25.3 Å². The molecule has 0 aromatic carbocycles. The molecule has 1 saturated carbocycles. The molecule has 1 aliphatic carbocycles. The van der Waals surface area contributed by atoms with Crippen LogP contribution < -0.4 is 0 Å². The lowest BCUT2D eigenvalue weighted by molar-refractivity contribution is 0.380. The lowest BCUT2D eigenvalue weighted by Crippen LogP contribution is -1.83. The van der Waals surface area contributed by atoms with Gasteiger partial charge in [-0.05, 0) is 25.0 Å². The van der Waals surface area contributed by atoms with E-state index in [9.17, 15) is 0 Å². The van der Waals surface area contributed by atoms with Crippen LogP contribution in [0.3, 0.4) is 0 Å². The minimum Gasteiger partial charge on any atom is -0.329 e. The van der Waals surface area contributed by atoms with Crippen LogP contribution in [0.4, 0.5) is 0 Å². The third-order valence-electron chi connectivity index (χ3n) is 2.93. The minimum atomic E-state index is 0.242. The van der Waals surface area contributed by atoms with Crippen molar-refractivity contribution in [3.63, 3.8) is 0 Å². The number of aromatic nitrogens is 5. The smallest absolute Gasteiger partial charge is 0.316 e. The SMILES string of the molecule is c1cc(-c2noc(-c3nc(C4CC4)no3)n2)ccn1. The summed E-state index contributed by atoms with van der Waals surface area (Å²) < 4.78 is 10.3. The number of hydrogen-bond acceptors (Lipinski definition) is 7. The second-order valence-corrected chi connectivity index (χ2v) is 4.39. The average molecular weight is 255 g/mol. The summed E-state index contributed by atoms with van der Waals surface area (Å²) >= 11 is 0. The largest absolute Gasteiger partial charge is 0.329 e. The highest BCUT2D eigenvalue weighted by molar-refractivity contribution is 5.55. The molecule has 19 heavy (non-hydrogen) atoms. The maximum absolute atomic E-state index is 5.14. The van der Waals surface area contributed by atoms with Crippen LogP contribution in [-0.4, -0.2) is 25.3 Å². The van der Waals surface area contributed by atoms with Gasteiger partial charge in [-0.15, -0.1) is 0 Å². The molecular formula is C12H9N5O2. The lowest BCUT2D eigenvalue weighted by atomic mass is 10.2. The Labute approximate surface area is 107 Å². The van der Waals surface area contributed by atoms with E-state index in [0.717, 1.165) is 24.2 Å². The van der Waals surface area contributed by atoms with Crippen molar-refractivity contribution >= 4 is 0 Å². The molecule has 0 saturated heterocycles. The number of rotatable bonds is 3. The van der Waals surface area contributed by atoms with Gasteiger partial charge in [0.1, 0.15) is 0 Å². The molecule has 3 aromatic heterocycles. The van der Waals surface area contributed by atoms with Gasteiger partial charge in [-0.25, -0.2) is 0 Å². The molecule has 1 aliphatic rings. The number of pyridine rings is 1. The molecule has 0 unspecified atom stereocenters. The molecule has 3 aromatic rings. The van der Waals surface area contributed by atoms with Crippen molar-refractivity contribution in [2.24, 2.45) is 0 Å². The monoisotopic (exact) mass is 255 g/mol. The van der Waals surface area contributed by atoms with E-state index in [-0.39, 0.29) is 11.8 Å². The van der Waals surface area contributed by atoms with Gasteiger partial charge in [0.15, 0.2) is 5.82 Å². The van der Waals surface area contributed by atoms with Gasteiger partial charge in [0, 0.05) is 23.9 Å². The van der Waals surface area contributed by atoms with Crippen molar-refractivity contribution < 1.29 is 9.05 Å². The molecule has 1 fully saturated rings. The van der Waals surface area contributed by atoms with E-state index < -0.39 is 0 Å². The van der Waals surface area contributed by atoms with Gasteiger partial charge in [0.05, 0.1) is 0 Å². The predicted octanol–water partition coefficient (Wildman–Crippen LogP) is 2.06. The molecule has 0 amide bonds. The summed E-state index contributed by atoms with van der Waals surface area (Å²) in [6.07, 6.45) is 5.57. The Morgan fingerprint density at radius 2 is 1.68 bits per heavy atom. The Morgan fingerprint density at radius 3 is 2.47 bits per heavy atom. The highest BCUT2D eigenvalue weighted by atomic mass is 16.5. The normalized spacial score (nSPS) is 14.7. The fraction of sp³-hybridized carbons (Fsp3) is 0.250. The van der Waals surface area contributed by atoms with Crippen molar-refractivity contribution in [3.8, 4) is 23.2 Å². The highest BCUT2D eigenvalue weighted by Crippen LogP contribution is 2.38. The van der Waals surface area contributed by atoms with Crippen LogP contribution in [0.1, 0.15) is 24.6 Å². The molecule has 0 radical (unpaired) electrons. The molecule has 7 heteroatoms. The van der Waals surface area contributed by atoms with Crippen LogP contribution in [0.25, 0.3) is 23.2 Å². The van der Waals surface area contributed by atoms with Crippen molar-refractivity contribution in [2.45, 2.75) is 18.8 Å². The lowest BCUT2D eigenvalue weighted by Gasteiger charge is -1.89. The topological polar surface area (TPSA) is 90.7 Å². The van der Waals surface area contributed by atoms with Gasteiger partial charge in [-0.3, -0.25) is 4.98 Å². The van der Waals surface area contributed by atoms with Gasteiger partial charge in [0.2, 0.25) is 5.82 Å². The second kappa shape index (κ2) is 3.98. The maximum atomic E-state index is 5.14. The first-order chi connectivity index (χ1) is 9.40. The van der Waals surface area contributed by atoms with Crippen LogP contribution in [0.2, 0.25) is 0 Å². The van der Waals surface area contributed by atoms with Crippen molar-refractivity contribution in [1.29, 1.82) is 0 Å². The highest BCUT2D eigenvalue weighted by Gasteiger charge is 2.30. The van der Waals surface area contributed by atoms with Gasteiger partial charge < -0.3 is 9.05 Å². The van der Waals surface area contributed by atoms with Crippen molar-refractivity contribution in [3.05, 3.63) is 30.4 Å². The van der Waals surface area contributed by atoms with E-state index in [2.05, 4.69) is 25.3 Å². The van der Waals surface area contributed by atoms with Gasteiger partial charge in [-0.2, -0.15) is 9.97 Å². The predicted molar refractivity (Wildman–Crippen MR) is 62.8 cm³/mol. The van der Waals surface area contributed by atoms with Crippen LogP contribution >= 0.6 is 0 Å². The van der Waals surface area contributed by atoms with E-state index >= 15 is 0 Å². The molecule has 94 valence electrons. The Hall–Kier alpha value is -2.57. The third kappa shape index (κ3) is 1.88. The molecule has 0 spiro atoms. The maximum Gasteiger partial charge on any atom is 0.316 e. The summed E-state index contributed by atoms with van der Waals surface area (Å²) in [7, 11) is 0. The van der Waals surface area contributed by atoms with E-state index in [4.69, 9.17) is 9.05 Å². The van der Waals surface area contributed by atoms with E-state index in [1.54, 1.807) is 24.5 Å². The molecule has 0 N–H and O–H groups in total. The van der Waals surface area contributed by atoms with Crippen LogP contribution in [0.5, 0.6) is 0 Å². The quantitative estimate of drug-likeness (QED) is 0.707. The third-order valence-corrected chi connectivity index (χ3v) is 2.93. The molecule has 0 bridgehead atoms. The average Bonchev–Trinajstić information content (AvgIpc) is 3.01. The number of nitrogens with zero attached hydrogens (tertiary/aromatic N) is 5. The Kier molecular flexibility index (Phi) is 2.17. The standard InChI is InChI=1S/C12H9N5O2/c1-2-7(1)9-14-11(18-16-9)12-15-10(17-19-12)8-3-5-13-6-4-8/h3-7H,1-2H2. The van der Waals surface area contributed by atoms with E-state index in [1.807, 2.05) is 0 Å². The number of hydrogen-bond donors (Lipinski definition) is 0. The zero-order chi connectivity index (χ0) is 12.7. The summed E-state index contributed by atoms with van der Waals surface area (Å²) in [5.41, 5.74) is 0.826. The zero-order valence-corrected chi connectivity index (χ0v) is 9.85. The first-order valence-corrected chi connectivity index (χ1v) is 5.98. The van der Waals surface area contributed by atoms with Crippen LogP contribution in [-0.2, 0) is 0 Å². The molecular weight excluding hydrogens is 246 g/mol. The fourth-order valence-corrected chi connectivity index (χ4v) is 1.76. The van der Waals surface area contributed by atoms with Gasteiger partial charge in [0.25, 0.3) is 0 Å².